The standard InChI is InChI=1S/C12H24NO8P/c1-11(2,3)20-22(17,21-12(4,5)6)19-8-18-10(16)13-7-9(14)15/h7-8H2,1-6H3,(H,13,16)(H,14,15). The van der Waals surface area contributed by atoms with Crippen LogP contribution >= 0.6 is 7.82 Å². The van der Waals surface area contributed by atoms with Crippen LogP contribution in [0.3, 0.4) is 0 Å². The van der Waals surface area contributed by atoms with Gasteiger partial charge in [-0.25, -0.2) is 13.9 Å². The minimum atomic E-state index is -3.98. The molecule has 0 aliphatic rings. The maximum atomic E-state index is 12.5. The van der Waals surface area contributed by atoms with E-state index in [1.807, 2.05) is 5.32 Å². The molecule has 0 aromatic rings. The number of ether oxygens (including phenoxy) is 1. The summed E-state index contributed by atoms with van der Waals surface area (Å²) < 4.78 is 32.6. The lowest BCUT2D eigenvalue weighted by Crippen LogP contribution is -2.30. The summed E-state index contributed by atoms with van der Waals surface area (Å²) in [5.41, 5.74) is -1.63. The third-order valence-corrected chi connectivity index (χ3v) is 3.52. The van der Waals surface area contributed by atoms with Crippen LogP contribution in [0.2, 0.25) is 0 Å². The number of amides is 1. The van der Waals surface area contributed by atoms with Gasteiger partial charge in [-0.3, -0.25) is 13.8 Å². The van der Waals surface area contributed by atoms with Crippen LogP contribution in [0.5, 0.6) is 0 Å². The largest absolute Gasteiger partial charge is 0.480 e. The van der Waals surface area contributed by atoms with E-state index >= 15 is 0 Å². The molecule has 0 spiro atoms. The Morgan fingerprint density at radius 2 is 1.50 bits per heavy atom. The SMILES string of the molecule is CC(C)(C)OP(=O)(OCOC(=O)NCC(=O)O)OC(C)(C)C. The molecule has 2 N–H and O–H groups in total. The molecule has 0 rings (SSSR count). The molecule has 0 heterocycles. The lowest BCUT2D eigenvalue weighted by Gasteiger charge is -2.30. The molecule has 0 unspecified atom stereocenters. The summed E-state index contributed by atoms with van der Waals surface area (Å²) in [5.74, 6) is -1.23. The van der Waals surface area contributed by atoms with Crippen molar-refractivity contribution in [3.63, 3.8) is 0 Å². The van der Waals surface area contributed by atoms with Crippen molar-refractivity contribution in [3.05, 3.63) is 0 Å². The van der Waals surface area contributed by atoms with E-state index in [2.05, 4.69) is 4.74 Å². The van der Waals surface area contributed by atoms with Crippen molar-refractivity contribution in [2.24, 2.45) is 0 Å². The highest BCUT2D eigenvalue weighted by Gasteiger charge is 2.37. The van der Waals surface area contributed by atoms with E-state index in [0.717, 1.165) is 0 Å². The third kappa shape index (κ3) is 11.5. The first-order valence-electron chi connectivity index (χ1n) is 6.51. The van der Waals surface area contributed by atoms with E-state index in [4.69, 9.17) is 18.7 Å². The molecular weight excluding hydrogens is 317 g/mol. The topological polar surface area (TPSA) is 120 Å². The number of carbonyl (C=O) groups excluding carboxylic acids is 1. The number of aliphatic carboxylic acids is 1. The van der Waals surface area contributed by atoms with Crippen LogP contribution in [-0.2, 0) is 27.7 Å². The van der Waals surface area contributed by atoms with Crippen LogP contribution in [0.25, 0.3) is 0 Å². The minimum Gasteiger partial charge on any atom is -0.480 e. The Morgan fingerprint density at radius 3 is 1.86 bits per heavy atom. The van der Waals surface area contributed by atoms with Gasteiger partial charge in [0.1, 0.15) is 6.54 Å². The summed E-state index contributed by atoms with van der Waals surface area (Å²) >= 11 is 0. The number of hydrogen-bond donors (Lipinski definition) is 2. The molecule has 130 valence electrons. The van der Waals surface area contributed by atoms with Gasteiger partial charge in [0, 0.05) is 0 Å². The third-order valence-electron chi connectivity index (χ3n) is 1.56. The maximum Gasteiger partial charge on any atom is 0.478 e. The van der Waals surface area contributed by atoms with Gasteiger partial charge in [-0.15, -0.1) is 0 Å². The monoisotopic (exact) mass is 341 g/mol. The van der Waals surface area contributed by atoms with Gasteiger partial charge in [-0.05, 0) is 41.5 Å². The summed E-state index contributed by atoms with van der Waals surface area (Å²) in [7, 11) is -3.98. The highest BCUT2D eigenvalue weighted by molar-refractivity contribution is 7.48. The summed E-state index contributed by atoms with van der Waals surface area (Å²) in [6.45, 7) is 8.66. The van der Waals surface area contributed by atoms with E-state index < -0.39 is 44.4 Å². The van der Waals surface area contributed by atoms with Gasteiger partial charge in [-0.1, -0.05) is 0 Å². The van der Waals surface area contributed by atoms with Crippen molar-refractivity contribution < 1.29 is 37.6 Å². The molecule has 0 bridgehead atoms. The molecule has 0 fully saturated rings. The highest BCUT2D eigenvalue weighted by atomic mass is 31.2. The van der Waals surface area contributed by atoms with Gasteiger partial charge in [0.05, 0.1) is 11.2 Å². The number of carboxylic acids is 1. The molecule has 0 saturated carbocycles. The summed E-state index contributed by atoms with van der Waals surface area (Å²) in [4.78, 5) is 21.4. The first kappa shape index (κ1) is 20.9. The van der Waals surface area contributed by atoms with Crippen LogP contribution in [0, 0.1) is 0 Å². The first-order chi connectivity index (χ1) is 9.72. The van der Waals surface area contributed by atoms with Crippen molar-refractivity contribution in [1.29, 1.82) is 0 Å². The number of nitrogens with one attached hydrogen (secondary N) is 1. The van der Waals surface area contributed by atoms with E-state index in [1.54, 1.807) is 41.5 Å². The molecule has 0 radical (unpaired) electrons. The smallest absolute Gasteiger partial charge is 0.478 e. The van der Waals surface area contributed by atoms with Crippen molar-refractivity contribution in [3.8, 4) is 0 Å². The minimum absolute atomic E-state index is 0.604. The van der Waals surface area contributed by atoms with Crippen LogP contribution in [0.1, 0.15) is 41.5 Å². The second kappa shape index (κ2) is 7.92. The quantitative estimate of drug-likeness (QED) is 0.535. The second-order valence-electron chi connectivity index (χ2n) is 6.28. The number of rotatable bonds is 7. The number of carboxylic acid groups (broad SMARTS) is 1. The van der Waals surface area contributed by atoms with Gasteiger partial charge in [0.25, 0.3) is 0 Å². The number of alkyl carbamates (subject to hydrolysis) is 1. The number of hydrogen-bond acceptors (Lipinski definition) is 7. The average molecular weight is 341 g/mol. The zero-order chi connectivity index (χ0) is 17.6. The van der Waals surface area contributed by atoms with Crippen LogP contribution in [0.4, 0.5) is 4.79 Å². The second-order valence-corrected chi connectivity index (χ2v) is 7.80. The Hall–Kier alpha value is -1.15. The van der Waals surface area contributed by atoms with Gasteiger partial charge in [-0.2, -0.15) is 0 Å². The molecule has 0 aromatic heterocycles. The molecular formula is C12H24NO8P. The lowest BCUT2D eigenvalue weighted by molar-refractivity contribution is -0.136. The molecule has 0 aliphatic carbocycles. The summed E-state index contributed by atoms with van der Waals surface area (Å²) in [6, 6.07) is 0. The highest BCUT2D eigenvalue weighted by Crippen LogP contribution is 2.55. The summed E-state index contributed by atoms with van der Waals surface area (Å²) in [6.07, 6.45) is -1.03. The number of phosphoric acid groups is 1. The van der Waals surface area contributed by atoms with Gasteiger partial charge in [0.2, 0.25) is 6.79 Å². The lowest BCUT2D eigenvalue weighted by atomic mass is 10.2. The van der Waals surface area contributed by atoms with Gasteiger partial charge in [0.15, 0.2) is 0 Å². The van der Waals surface area contributed by atoms with E-state index in [9.17, 15) is 14.2 Å². The molecule has 0 atom stereocenters. The molecule has 1 amide bonds. The number of phosphoric ester groups is 1. The van der Waals surface area contributed by atoms with Crippen molar-refractivity contribution in [1.82, 2.24) is 5.32 Å². The van der Waals surface area contributed by atoms with E-state index in [1.165, 1.54) is 0 Å². The van der Waals surface area contributed by atoms with E-state index in [-0.39, 0.29) is 0 Å². The van der Waals surface area contributed by atoms with E-state index in [0.29, 0.717) is 0 Å². The molecule has 0 aliphatic heterocycles. The normalized spacial score (nSPS) is 12.8. The fourth-order valence-electron chi connectivity index (χ4n) is 1.09. The first-order valence-corrected chi connectivity index (χ1v) is 7.97. The molecule has 22 heavy (non-hydrogen) atoms. The van der Waals surface area contributed by atoms with Crippen molar-refractivity contribution >= 4 is 19.9 Å². The van der Waals surface area contributed by atoms with Gasteiger partial charge >= 0.3 is 19.9 Å². The Kier molecular flexibility index (Phi) is 7.50. The number of carbonyl (C=O) groups is 2. The Bertz CT molecular complexity index is 417. The van der Waals surface area contributed by atoms with Crippen LogP contribution in [0.15, 0.2) is 0 Å². The van der Waals surface area contributed by atoms with Gasteiger partial charge < -0.3 is 15.2 Å². The Balaban J connectivity index is 4.57. The zero-order valence-corrected chi connectivity index (χ0v) is 14.6. The molecule has 0 aromatic carbocycles. The Morgan fingerprint density at radius 1 is 1.05 bits per heavy atom. The fraction of sp³-hybridized carbons (Fsp3) is 0.833. The molecule has 9 nitrogen and oxygen atoms in total. The van der Waals surface area contributed by atoms with Crippen molar-refractivity contribution in [2.45, 2.75) is 52.7 Å². The average Bonchev–Trinajstić information content (AvgIpc) is 2.20. The fourth-order valence-corrected chi connectivity index (χ4v) is 2.75. The predicted octanol–water partition coefficient (Wildman–Crippen LogP) is 2.51. The zero-order valence-electron chi connectivity index (χ0n) is 13.7. The van der Waals surface area contributed by atoms with Crippen LogP contribution < -0.4 is 5.32 Å². The Labute approximate surface area is 129 Å². The molecule has 0 saturated heterocycles. The predicted molar refractivity (Wildman–Crippen MR) is 77.4 cm³/mol. The van der Waals surface area contributed by atoms with Crippen LogP contribution in [-0.4, -0.2) is 41.7 Å². The maximum absolute atomic E-state index is 12.5. The summed E-state index contributed by atoms with van der Waals surface area (Å²) in [5, 5.41) is 10.3. The molecule has 10 heteroatoms. The van der Waals surface area contributed by atoms with Crippen molar-refractivity contribution in [2.75, 3.05) is 13.3 Å².